The van der Waals surface area contributed by atoms with Crippen LogP contribution in [-0.4, -0.2) is 66.6 Å². The molecule has 0 aliphatic rings. The number of hydrogen-bond donors (Lipinski definition) is 1. The minimum atomic E-state index is -4.56. The van der Waals surface area contributed by atoms with E-state index in [2.05, 4.69) is 13.8 Å². The molecule has 0 bridgehead atoms. The number of carbonyl (C=O) groups is 2. The maximum absolute atomic E-state index is 12.9. The molecular formula is C25H49NaO6S. The number of ether oxygens (including phenoxy) is 1. The molecule has 192 valence electrons. The van der Waals surface area contributed by atoms with Gasteiger partial charge in [-0.15, -0.1) is 0 Å². The van der Waals surface area contributed by atoms with Crippen molar-refractivity contribution in [2.45, 2.75) is 135 Å². The van der Waals surface area contributed by atoms with Gasteiger partial charge in [0.2, 0.25) is 0 Å². The first-order valence-electron chi connectivity index (χ1n) is 12.9. The summed E-state index contributed by atoms with van der Waals surface area (Å²) in [4.78, 5) is 25.1. The van der Waals surface area contributed by atoms with Gasteiger partial charge in [-0.25, -0.2) is 0 Å². The van der Waals surface area contributed by atoms with Crippen LogP contribution in [0.4, 0.5) is 0 Å². The molecule has 0 aromatic rings. The summed E-state index contributed by atoms with van der Waals surface area (Å²) in [6.45, 7) is 4.35. The van der Waals surface area contributed by atoms with E-state index in [1.54, 1.807) is 0 Å². The van der Waals surface area contributed by atoms with Crippen LogP contribution < -0.4 is 0 Å². The predicted molar refractivity (Wildman–Crippen MR) is 137 cm³/mol. The molecule has 8 heteroatoms. The third-order valence-electron chi connectivity index (χ3n) is 6.17. The summed E-state index contributed by atoms with van der Waals surface area (Å²) in [6, 6.07) is 0. The quantitative estimate of drug-likeness (QED) is 0.0642. The number of esters is 1. The van der Waals surface area contributed by atoms with Crippen LogP contribution in [0.5, 0.6) is 0 Å². The molecule has 2 unspecified atom stereocenters. The molecule has 6 nitrogen and oxygen atoms in total. The summed E-state index contributed by atoms with van der Waals surface area (Å²) in [5, 5.41) is -1.54. The Hall–Kier alpha value is 0.0500. The van der Waals surface area contributed by atoms with Crippen LogP contribution in [0.15, 0.2) is 0 Å². The van der Waals surface area contributed by atoms with Crippen molar-refractivity contribution in [1.82, 2.24) is 0 Å². The molecule has 0 radical (unpaired) electrons. The van der Waals surface area contributed by atoms with Gasteiger partial charge in [0.25, 0.3) is 10.1 Å². The average molecular weight is 501 g/mol. The van der Waals surface area contributed by atoms with Crippen molar-refractivity contribution in [3.63, 3.8) is 0 Å². The predicted octanol–water partition coefficient (Wildman–Crippen LogP) is 6.01. The molecule has 0 rings (SSSR count). The van der Waals surface area contributed by atoms with E-state index in [4.69, 9.17) is 4.74 Å². The number of hydrogen-bond acceptors (Lipinski definition) is 5. The monoisotopic (exact) mass is 500 g/mol. The van der Waals surface area contributed by atoms with Crippen LogP contribution in [-0.2, 0) is 24.4 Å². The van der Waals surface area contributed by atoms with Gasteiger partial charge in [-0.2, -0.15) is 8.42 Å². The molecule has 0 saturated heterocycles. The first kappa shape index (κ1) is 35.2. The van der Waals surface area contributed by atoms with Crippen molar-refractivity contribution in [1.29, 1.82) is 0 Å². The summed E-state index contributed by atoms with van der Waals surface area (Å²) in [5.74, 6) is -2.55. The standard InChI is InChI=1S/C25H48O6S.Na.H/c1-4-6-8-10-12-14-16-18-20-22(25(27)31-3)24(26)23(32(28,29)30)21-19-17-15-13-11-9-7-5-2;;/h22-23H,4-21H2,1-3H3,(H,28,29,30);;. The van der Waals surface area contributed by atoms with Crippen LogP contribution in [0.3, 0.4) is 0 Å². The van der Waals surface area contributed by atoms with Gasteiger partial charge in [-0.1, -0.05) is 117 Å². The molecule has 0 aliphatic carbocycles. The van der Waals surface area contributed by atoms with Crippen molar-refractivity contribution in [3.8, 4) is 0 Å². The average Bonchev–Trinajstić information content (AvgIpc) is 2.75. The Morgan fingerprint density at radius 2 is 1.06 bits per heavy atom. The molecule has 0 fully saturated rings. The molecule has 33 heavy (non-hydrogen) atoms. The van der Waals surface area contributed by atoms with Gasteiger partial charge in [-0.05, 0) is 12.8 Å². The van der Waals surface area contributed by atoms with Gasteiger partial charge >= 0.3 is 35.5 Å². The Balaban J connectivity index is 0. The molecule has 0 spiro atoms. The third kappa shape index (κ3) is 18.0. The normalized spacial score (nSPS) is 13.2. The van der Waals surface area contributed by atoms with E-state index in [0.717, 1.165) is 44.9 Å². The van der Waals surface area contributed by atoms with Gasteiger partial charge in [0.15, 0.2) is 5.78 Å². The van der Waals surface area contributed by atoms with Crippen LogP contribution in [0.1, 0.15) is 129 Å². The minimum absolute atomic E-state index is 0. The molecule has 0 aromatic heterocycles. The zero-order valence-corrected chi connectivity index (χ0v) is 21.6. The van der Waals surface area contributed by atoms with E-state index >= 15 is 0 Å². The molecule has 0 amide bonds. The topological polar surface area (TPSA) is 97.7 Å². The summed E-state index contributed by atoms with van der Waals surface area (Å²) in [6.07, 6.45) is 17.1. The van der Waals surface area contributed by atoms with Crippen molar-refractivity contribution < 1.29 is 27.3 Å². The Bertz CT molecular complexity index is 594. The van der Waals surface area contributed by atoms with Crippen LogP contribution >= 0.6 is 0 Å². The first-order chi connectivity index (χ1) is 15.3. The van der Waals surface area contributed by atoms with Gasteiger partial charge in [0, 0.05) is 0 Å². The van der Waals surface area contributed by atoms with Gasteiger partial charge in [-0.3, -0.25) is 14.1 Å². The SMILES string of the molecule is CCCCCCCCCCC(C(=O)OC)C(=O)C(CCCCCCCCCC)S(=O)(=O)O.[NaH]. The Morgan fingerprint density at radius 3 is 1.42 bits per heavy atom. The van der Waals surface area contributed by atoms with Gasteiger partial charge < -0.3 is 4.74 Å². The second-order valence-corrected chi connectivity index (χ2v) is 10.6. The fraction of sp³-hybridized carbons (Fsp3) is 0.920. The summed E-state index contributed by atoms with van der Waals surface area (Å²) in [7, 11) is -3.36. The van der Waals surface area contributed by atoms with Crippen molar-refractivity contribution >= 4 is 51.4 Å². The molecule has 0 aliphatic heterocycles. The number of unbranched alkanes of at least 4 members (excludes halogenated alkanes) is 14. The Labute approximate surface area is 225 Å². The number of methoxy groups -OCH3 is 1. The van der Waals surface area contributed by atoms with Gasteiger partial charge in [0.05, 0.1) is 7.11 Å². The Kier molecular flexibility index (Phi) is 24.0. The molecule has 2 atom stereocenters. The number of ketones is 1. The van der Waals surface area contributed by atoms with E-state index in [9.17, 15) is 22.6 Å². The van der Waals surface area contributed by atoms with Crippen LogP contribution in [0.2, 0.25) is 0 Å². The van der Waals surface area contributed by atoms with Crippen molar-refractivity contribution in [3.05, 3.63) is 0 Å². The third-order valence-corrected chi connectivity index (χ3v) is 7.36. The summed E-state index contributed by atoms with van der Waals surface area (Å²) in [5.41, 5.74) is 0. The zero-order valence-electron chi connectivity index (χ0n) is 20.8. The zero-order chi connectivity index (χ0) is 24.2. The van der Waals surface area contributed by atoms with E-state index < -0.39 is 33.0 Å². The van der Waals surface area contributed by atoms with Crippen LogP contribution in [0, 0.1) is 5.92 Å². The summed E-state index contributed by atoms with van der Waals surface area (Å²) >= 11 is 0. The second-order valence-electron chi connectivity index (χ2n) is 9.01. The fourth-order valence-corrected chi connectivity index (χ4v) is 5.05. The summed E-state index contributed by atoms with van der Waals surface area (Å²) < 4.78 is 38.3. The molecule has 0 heterocycles. The Morgan fingerprint density at radius 1 is 0.697 bits per heavy atom. The molecule has 0 saturated carbocycles. The molecule has 0 aromatic carbocycles. The van der Waals surface area contributed by atoms with E-state index in [0.29, 0.717) is 12.8 Å². The fourth-order valence-electron chi connectivity index (χ4n) is 4.13. The van der Waals surface area contributed by atoms with E-state index in [1.165, 1.54) is 52.1 Å². The van der Waals surface area contributed by atoms with Crippen molar-refractivity contribution in [2.24, 2.45) is 5.92 Å². The number of rotatable bonds is 22. The van der Waals surface area contributed by atoms with Gasteiger partial charge in [0.1, 0.15) is 11.2 Å². The number of carbonyl (C=O) groups excluding carboxylic acids is 2. The number of Topliss-reactive ketones (excluding diaryl/α,β-unsaturated/α-hetero) is 1. The maximum atomic E-state index is 12.9. The second kappa shape index (κ2) is 22.5. The molecular weight excluding hydrogens is 451 g/mol. The van der Waals surface area contributed by atoms with Crippen molar-refractivity contribution in [2.75, 3.05) is 7.11 Å². The van der Waals surface area contributed by atoms with Crippen LogP contribution in [0.25, 0.3) is 0 Å². The van der Waals surface area contributed by atoms with E-state index in [1.807, 2.05) is 0 Å². The molecule has 1 N–H and O–H groups in total. The first-order valence-corrected chi connectivity index (χ1v) is 14.4. The van der Waals surface area contributed by atoms with E-state index in [-0.39, 0.29) is 42.4 Å².